The maximum Gasteiger partial charge on any atom is 0.308 e. The molecule has 6 heteroatoms. The summed E-state index contributed by atoms with van der Waals surface area (Å²) in [5.41, 5.74) is 0. The first kappa shape index (κ1) is 13.6. The number of rotatable bonds is 5. The lowest BCUT2D eigenvalue weighted by molar-refractivity contribution is -0.143. The van der Waals surface area contributed by atoms with Crippen molar-refractivity contribution < 1.29 is 14.7 Å². The fourth-order valence-electron chi connectivity index (χ4n) is 3.43. The predicted molar refractivity (Wildman–Crippen MR) is 75.4 cm³/mol. The van der Waals surface area contributed by atoms with Gasteiger partial charge in [-0.2, -0.15) is 0 Å². The van der Waals surface area contributed by atoms with Crippen molar-refractivity contribution in [3.05, 3.63) is 22.4 Å². The molecule has 2 aliphatic heterocycles. The first-order valence-corrected chi connectivity index (χ1v) is 7.80. The molecule has 3 heterocycles. The van der Waals surface area contributed by atoms with Gasteiger partial charge in [-0.1, -0.05) is 6.07 Å². The van der Waals surface area contributed by atoms with Gasteiger partial charge in [0.05, 0.1) is 19.0 Å². The van der Waals surface area contributed by atoms with Crippen molar-refractivity contribution in [1.29, 1.82) is 0 Å². The fraction of sp³-hybridized carbons (Fsp3) is 0.571. The Kier molecular flexibility index (Phi) is 3.76. The van der Waals surface area contributed by atoms with Gasteiger partial charge in [0.15, 0.2) is 0 Å². The van der Waals surface area contributed by atoms with Crippen molar-refractivity contribution in [2.45, 2.75) is 37.9 Å². The molecule has 5 nitrogen and oxygen atoms in total. The topological polar surface area (TPSA) is 69.6 Å². The standard InChI is InChI=1S/C14H18N2O3S/c17-13(15-7-10-2-1-5-20-10)8-16-9-3-4-12(16)11(6-9)14(18)19/h1-2,5,9,11-12H,3-4,6-8H2,(H,15,17)(H,18,19). The van der Waals surface area contributed by atoms with E-state index in [1.807, 2.05) is 17.5 Å². The second-order valence-electron chi connectivity index (χ2n) is 5.51. The van der Waals surface area contributed by atoms with E-state index in [9.17, 15) is 14.7 Å². The van der Waals surface area contributed by atoms with E-state index in [2.05, 4.69) is 10.2 Å². The average Bonchev–Trinajstić information content (AvgIpc) is 3.13. The highest BCUT2D eigenvalue weighted by atomic mass is 32.1. The van der Waals surface area contributed by atoms with E-state index in [1.54, 1.807) is 11.3 Å². The molecule has 2 N–H and O–H groups in total. The highest BCUT2D eigenvalue weighted by Gasteiger charge is 2.49. The van der Waals surface area contributed by atoms with Crippen LogP contribution in [-0.2, 0) is 16.1 Å². The molecule has 1 aromatic rings. The minimum Gasteiger partial charge on any atom is -0.481 e. The zero-order chi connectivity index (χ0) is 14.1. The molecule has 0 spiro atoms. The SMILES string of the molecule is O=C(CN1C2CCC1C(C(=O)O)C2)NCc1cccs1. The van der Waals surface area contributed by atoms with Crippen LogP contribution in [0.2, 0.25) is 0 Å². The summed E-state index contributed by atoms with van der Waals surface area (Å²) >= 11 is 1.62. The molecule has 0 radical (unpaired) electrons. The molecule has 2 aliphatic rings. The Morgan fingerprint density at radius 3 is 2.95 bits per heavy atom. The molecule has 3 unspecified atom stereocenters. The Morgan fingerprint density at radius 1 is 1.45 bits per heavy atom. The van der Waals surface area contributed by atoms with Crippen molar-refractivity contribution in [1.82, 2.24) is 10.2 Å². The number of nitrogens with one attached hydrogen (secondary N) is 1. The van der Waals surface area contributed by atoms with Crippen LogP contribution >= 0.6 is 11.3 Å². The van der Waals surface area contributed by atoms with Gasteiger partial charge in [-0.3, -0.25) is 14.5 Å². The molecule has 1 amide bonds. The van der Waals surface area contributed by atoms with Gasteiger partial charge in [-0.25, -0.2) is 0 Å². The molecule has 1 aromatic heterocycles. The maximum atomic E-state index is 12.0. The Morgan fingerprint density at radius 2 is 2.30 bits per heavy atom. The molecule has 0 saturated carbocycles. The third-order valence-electron chi connectivity index (χ3n) is 4.36. The van der Waals surface area contributed by atoms with E-state index in [0.29, 0.717) is 19.5 Å². The summed E-state index contributed by atoms with van der Waals surface area (Å²) in [6, 6.07) is 4.27. The highest BCUT2D eigenvalue weighted by Crippen LogP contribution is 2.41. The molecule has 0 aliphatic carbocycles. The number of hydrogen-bond donors (Lipinski definition) is 2. The van der Waals surface area contributed by atoms with Crippen LogP contribution < -0.4 is 5.32 Å². The van der Waals surface area contributed by atoms with Crippen molar-refractivity contribution in [3.8, 4) is 0 Å². The van der Waals surface area contributed by atoms with Crippen LogP contribution in [0.5, 0.6) is 0 Å². The van der Waals surface area contributed by atoms with Gasteiger partial charge in [-0.15, -0.1) is 11.3 Å². The van der Waals surface area contributed by atoms with Gasteiger partial charge in [0, 0.05) is 17.0 Å². The molecule has 2 saturated heterocycles. The minimum absolute atomic E-state index is 0.0126. The van der Waals surface area contributed by atoms with E-state index in [0.717, 1.165) is 17.7 Å². The lowest BCUT2D eigenvalue weighted by Gasteiger charge is -2.21. The number of carboxylic acid groups (broad SMARTS) is 1. The lowest BCUT2D eigenvalue weighted by atomic mass is 9.89. The number of nitrogens with zero attached hydrogens (tertiary/aromatic N) is 1. The highest BCUT2D eigenvalue weighted by molar-refractivity contribution is 7.09. The lowest BCUT2D eigenvalue weighted by Crippen LogP contribution is -2.41. The van der Waals surface area contributed by atoms with Crippen molar-refractivity contribution >= 4 is 23.2 Å². The van der Waals surface area contributed by atoms with Crippen LogP contribution in [0.25, 0.3) is 0 Å². The number of carboxylic acids is 1. The zero-order valence-corrected chi connectivity index (χ0v) is 11.9. The fourth-order valence-corrected chi connectivity index (χ4v) is 4.08. The summed E-state index contributed by atoms with van der Waals surface area (Å²) in [5.74, 6) is -1.03. The van der Waals surface area contributed by atoms with Gasteiger partial charge in [0.1, 0.15) is 0 Å². The van der Waals surface area contributed by atoms with Crippen LogP contribution in [0, 0.1) is 5.92 Å². The third-order valence-corrected chi connectivity index (χ3v) is 5.24. The summed E-state index contributed by atoms with van der Waals surface area (Å²) in [5, 5.41) is 14.1. The van der Waals surface area contributed by atoms with Gasteiger partial charge < -0.3 is 10.4 Å². The van der Waals surface area contributed by atoms with Gasteiger partial charge in [0.2, 0.25) is 5.91 Å². The number of carbonyl (C=O) groups excluding carboxylic acids is 1. The monoisotopic (exact) mass is 294 g/mol. The summed E-state index contributed by atoms with van der Waals surface area (Å²) in [4.78, 5) is 26.4. The number of aliphatic carboxylic acids is 1. The molecular formula is C14H18N2O3S. The third kappa shape index (κ3) is 2.58. The minimum atomic E-state index is -0.721. The number of carbonyl (C=O) groups is 2. The van der Waals surface area contributed by atoms with E-state index in [1.165, 1.54) is 0 Å². The first-order chi connectivity index (χ1) is 9.65. The molecule has 0 aromatic carbocycles. The van der Waals surface area contributed by atoms with Crippen LogP contribution in [0.1, 0.15) is 24.1 Å². The molecule has 20 heavy (non-hydrogen) atoms. The Hall–Kier alpha value is -1.40. The average molecular weight is 294 g/mol. The van der Waals surface area contributed by atoms with Gasteiger partial charge >= 0.3 is 5.97 Å². The molecule has 3 rings (SSSR count). The van der Waals surface area contributed by atoms with Crippen LogP contribution in [-0.4, -0.2) is 40.5 Å². The van der Waals surface area contributed by atoms with Crippen molar-refractivity contribution in [2.75, 3.05) is 6.54 Å². The molecule has 2 fully saturated rings. The summed E-state index contributed by atoms with van der Waals surface area (Å²) < 4.78 is 0. The molecule has 2 bridgehead atoms. The maximum absolute atomic E-state index is 12.0. The Labute approximate surface area is 121 Å². The number of fused-ring (bicyclic) bond motifs is 2. The van der Waals surface area contributed by atoms with Crippen LogP contribution in [0.3, 0.4) is 0 Å². The summed E-state index contributed by atoms with van der Waals surface area (Å²) in [6.45, 7) is 0.881. The zero-order valence-electron chi connectivity index (χ0n) is 11.1. The predicted octanol–water partition coefficient (Wildman–Crippen LogP) is 1.30. The quantitative estimate of drug-likeness (QED) is 0.859. The number of thiophene rings is 1. The van der Waals surface area contributed by atoms with Gasteiger partial charge in [-0.05, 0) is 30.7 Å². The smallest absolute Gasteiger partial charge is 0.308 e. The van der Waals surface area contributed by atoms with E-state index in [-0.39, 0.29) is 23.9 Å². The largest absolute Gasteiger partial charge is 0.481 e. The Bertz CT molecular complexity index is 503. The van der Waals surface area contributed by atoms with Crippen molar-refractivity contribution in [2.24, 2.45) is 5.92 Å². The van der Waals surface area contributed by atoms with E-state index in [4.69, 9.17) is 0 Å². The first-order valence-electron chi connectivity index (χ1n) is 6.93. The van der Waals surface area contributed by atoms with Crippen LogP contribution in [0.15, 0.2) is 17.5 Å². The second kappa shape index (κ2) is 5.54. The van der Waals surface area contributed by atoms with E-state index >= 15 is 0 Å². The second-order valence-corrected chi connectivity index (χ2v) is 6.54. The molecule has 3 atom stereocenters. The van der Waals surface area contributed by atoms with Gasteiger partial charge in [0.25, 0.3) is 0 Å². The summed E-state index contributed by atoms with van der Waals surface area (Å²) in [7, 11) is 0. The Balaban J connectivity index is 1.53. The summed E-state index contributed by atoms with van der Waals surface area (Å²) in [6.07, 6.45) is 2.62. The van der Waals surface area contributed by atoms with E-state index < -0.39 is 5.97 Å². The molecular weight excluding hydrogens is 276 g/mol. The number of amides is 1. The normalized spacial score (nSPS) is 28.7. The van der Waals surface area contributed by atoms with Crippen molar-refractivity contribution in [3.63, 3.8) is 0 Å². The number of hydrogen-bond acceptors (Lipinski definition) is 4. The van der Waals surface area contributed by atoms with Crippen LogP contribution in [0.4, 0.5) is 0 Å². The molecule has 108 valence electrons.